The number of hydrogen-bond acceptors (Lipinski definition) is 5. The van der Waals surface area contributed by atoms with Crippen molar-refractivity contribution in [2.24, 2.45) is 0 Å². The fourth-order valence-electron chi connectivity index (χ4n) is 3.83. The molecule has 5 nitrogen and oxygen atoms in total. The Kier molecular flexibility index (Phi) is 4.21. The second-order valence-corrected chi connectivity index (χ2v) is 6.81. The molecule has 0 bridgehead atoms. The molecule has 4 rings (SSSR count). The number of benzene rings is 1. The van der Waals surface area contributed by atoms with Gasteiger partial charge >= 0.3 is 0 Å². The van der Waals surface area contributed by atoms with Gasteiger partial charge in [0.05, 0.1) is 38.2 Å². The Balaban J connectivity index is 1.32. The van der Waals surface area contributed by atoms with Crippen LogP contribution >= 0.6 is 0 Å². The molecule has 1 aromatic heterocycles. The maximum atomic E-state index is 6.22. The second kappa shape index (κ2) is 6.49. The minimum atomic E-state index is -0.00324. The Morgan fingerprint density at radius 3 is 2.92 bits per heavy atom. The number of nitrogens with zero attached hydrogens (tertiary/aromatic N) is 1. The first kappa shape index (κ1) is 15.5. The number of anilines is 1. The van der Waals surface area contributed by atoms with E-state index in [2.05, 4.69) is 22.3 Å². The molecule has 24 heavy (non-hydrogen) atoms. The van der Waals surface area contributed by atoms with Gasteiger partial charge in [-0.25, -0.2) is 0 Å². The lowest BCUT2D eigenvalue weighted by Crippen LogP contribution is -2.33. The van der Waals surface area contributed by atoms with Crippen LogP contribution in [0.2, 0.25) is 0 Å². The van der Waals surface area contributed by atoms with Gasteiger partial charge in [-0.15, -0.1) is 0 Å². The molecule has 2 aromatic rings. The predicted octanol–water partition coefficient (Wildman–Crippen LogP) is 3.13. The first-order valence-corrected chi connectivity index (χ1v) is 8.54. The molecule has 1 N–H and O–H groups in total. The third-order valence-corrected chi connectivity index (χ3v) is 5.02. The van der Waals surface area contributed by atoms with Gasteiger partial charge in [-0.1, -0.05) is 0 Å². The molecule has 0 unspecified atom stereocenters. The number of ether oxygens (including phenoxy) is 2. The van der Waals surface area contributed by atoms with Crippen molar-refractivity contribution in [3.8, 4) is 5.75 Å². The Bertz CT molecular complexity index is 656. The number of likely N-dealkylation sites (tertiary alicyclic amines) is 1. The molecule has 1 aromatic carbocycles. The third-order valence-electron chi connectivity index (χ3n) is 5.02. The molecule has 3 heterocycles. The zero-order valence-electron chi connectivity index (χ0n) is 14.0. The van der Waals surface area contributed by atoms with E-state index in [1.807, 2.05) is 24.3 Å². The topological polar surface area (TPSA) is 46.9 Å². The van der Waals surface area contributed by atoms with Crippen molar-refractivity contribution < 1.29 is 13.9 Å². The predicted molar refractivity (Wildman–Crippen MR) is 92.3 cm³/mol. The van der Waals surface area contributed by atoms with Gasteiger partial charge in [0.2, 0.25) is 0 Å². The monoisotopic (exact) mass is 328 g/mol. The summed E-state index contributed by atoms with van der Waals surface area (Å²) in [5, 5.41) is 3.59. The van der Waals surface area contributed by atoms with Crippen LogP contribution in [0.3, 0.4) is 0 Å². The van der Waals surface area contributed by atoms with E-state index in [0.717, 1.165) is 56.3 Å². The lowest BCUT2D eigenvalue weighted by Gasteiger charge is -2.23. The van der Waals surface area contributed by atoms with Crippen molar-refractivity contribution in [3.63, 3.8) is 0 Å². The standard InChI is InChI=1S/C19H24N2O3/c1-22-17-6-4-15(5-7-17)20-16-11-19(24-13-16)8-9-21(14-19)12-18-3-2-10-23-18/h2-7,10,16,20H,8-9,11-14H2,1H3/t16-,19-/m0/s1. The molecular formula is C19H24N2O3. The smallest absolute Gasteiger partial charge is 0.119 e. The van der Waals surface area contributed by atoms with Crippen LogP contribution in [0.5, 0.6) is 5.75 Å². The van der Waals surface area contributed by atoms with Gasteiger partial charge in [0, 0.05) is 25.2 Å². The third kappa shape index (κ3) is 3.28. The SMILES string of the molecule is COc1ccc(N[C@@H]2CO[C@@]3(CCN(Cc4ccco4)C3)C2)cc1. The molecule has 128 valence electrons. The normalized spacial score (nSPS) is 27.0. The minimum Gasteiger partial charge on any atom is -0.497 e. The Morgan fingerprint density at radius 2 is 2.17 bits per heavy atom. The molecule has 0 aliphatic carbocycles. The van der Waals surface area contributed by atoms with Gasteiger partial charge in [0.1, 0.15) is 11.5 Å². The van der Waals surface area contributed by atoms with E-state index in [9.17, 15) is 0 Å². The quantitative estimate of drug-likeness (QED) is 0.914. The van der Waals surface area contributed by atoms with Crippen LogP contribution < -0.4 is 10.1 Å². The lowest BCUT2D eigenvalue weighted by molar-refractivity contribution is 0.0115. The fourth-order valence-corrected chi connectivity index (χ4v) is 3.83. The van der Waals surface area contributed by atoms with Crippen molar-refractivity contribution in [2.45, 2.75) is 31.0 Å². The molecule has 1 spiro atoms. The van der Waals surface area contributed by atoms with Crippen molar-refractivity contribution in [3.05, 3.63) is 48.4 Å². The van der Waals surface area contributed by atoms with E-state index in [1.54, 1.807) is 13.4 Å². The van der Waals surface area contributed by atoms with E-state index in [4.69, 9.17) is 13.9 Å². The van der Waals surface area contributed by atoms with Crippen LogP contribution in [0.15, 0.2) is 47.1 Å². The molecule has 2 aliphatic heterocycles. The van der Waals surface area contributed by atoms with Gasteiger partial charge in [-0.2, -0.15) is 0 Å². The summed E-state index contributed by atoms with van der Waals surface area (Å²) in [5.41, 5.74) is 1.11. The first-order valence-electron chi connectivity index (χ1n) is 8.54. The maximum Gasteiger partial charge on any atom is 0.119 e. The van der Waals surface area contributed by atoms with Gasteiger partial charge in [0.25, 0.3) is 0 Å². The first-order chi connectivity index (χ1) is 11.7. The molecule has 2 atom stereocenters. The molecule has 5 heteroatoms. The summed E-state index contributed by atoms with van der Waals surface area (Å²) < 4.78 is 16.9. The van der Waals surface area contributed by atoms with Crippen molar-refractivity contribution in [1.82, 2.24) is 4.90 Å². The van der Waals surface area contributed by atoms with Crippen molar-refractivity contribution in [1.29, 1.82) is 0 Å². The molecule has 0 radical (unpaired) electrons. The summed E-state index contributed by atoms with van der Waals surface area (Å²) >= 11 is 0. The Labute approximate surface area is 142 Å². The zero-order chi connectivity index (χ0) is 16.4. The van der Waals surface area contributed by atoms with Crippen LogP contribution in [0, 0.1) is 0 Å². The molecule has 2 saturated heterocycles. The van der Waals surface area contributed by atoms with Crippen LogP contribution in [-0.2, 0) is 11.3 Å². The minimum absolute atomic E-state index is 0.00324. The zero-order valence-corrected chi connectivity index (χ0v) is 14.0. The summed E-state index contributed by atoms with van der Waals surface area (Å²) in [6.45, 7) is 3.68. The molecule has 0 saturated carbocycles. The average molecular weight is 328 g/mol. The Hall–Kier alpha value is -1.98. The molecule has 2 fully saturated rings. The molecular weight excluding hydrogens is 304 g/mol. The lowest BCUT2D eigenvalue weighted by atomic mass is 9.97. The van der Waals surface area contributed by atoms with Gasteiger partial charge in [-0.05, 0) is 42.8 Å². The number of methoxy groups -OCH3 is 1. The summed E-state index contributed by atoms with van der Waals surface area (Å²) in [5.74, 6) is 1.90. The van der Waals surface area contributed by atoms with E-state index in [1.165, 1.54) is 0 Å². The van der Waals surface area contributed by atoms with Crippen LogP contribution in [-0.4, -0.2) is 43.3 Å². The number of furan rings is 1. The number of rotatable bonds is 5. The highest BCUT2D eigenvalue weighted by molar-refractivity contribution is 5.47. The Morgan fingerprint density at radius 1 is 1.29 bits per heavy atom. The number of nitrogens with one attached hydrogen (secondary N) is 1. The van der Waals surface area contributed by atoms with Gasteiger partial charge in [0.15, 0.2) is 0 Å². The van der Waals surface area contributed by atoms with Crippen LogP contribution in [0.25, 0.3) is 0 Å². The summed E-state index contributed by atoms with van der Waals surface area (Å²) in [6.07, 6.45) is 3.88. The molecule has 0 amide bonds. The summed E-state index contributed by atoms with van der Waals surface area (Å²) in [6, 6.07) is 12.4. The summed E-state index contributed by atoms with van der Waals surface area (Å²) in [4.78, 5) is 2.43. The average Bonchev–Trinajstić information content (AvgIpc) is 3.33. The fraction of sp³-hybridized carbons (Fsp3) is 0.474. The van der Waals surface area contributed by atoms with Gasteiger partial charge < -0.3 is 19.2 Å². The highest BCUT2D eigenvalue weighted by Crippen LogP contribution is 2.36. The second-order valence-electron chi connectivity index (χ2n) is 6.81. The van der Waals surface area contributed by atoms with Crippen molar-refractivity contribution in [2.75, 3.05) is 32.1 Å². The highest BCUT2D eigenvalue weighted by atomic mass is 16.5. The molecule has 2 aliphatic rings. The van der Waals surface area contributed by atoms with E-state index >= 15 is 0 Å². The van der Waals surface area contributed by atoms with Crippen molar-refractivity contribution >= 4 is 5.69 Å². The van der Waals surface area contributed by atoms with E-state index < -0.39 is 0 Å². The van der Waals surface area contributed by atoms with Gasteiger partial charge in [-0.3, -0.25) is 4.90 Å². The van der Waals surface area contributed by atoms with E-state index in [0.29, 0.717) is 6.04 Å². The number of hydrogen-bond donors (Lipinski definition) is 1. The van der Waals surface area contributed by atoms with Crippen LogP contribution in [0.4, 0.5) is 5.69 Å². The highest BCUT2D eigenvalue weighted by Gasteiger charge is 2.45. The van der Waals surface area contributed by atoms with Crippen LogP contribution in [0.1, 0.15) is 18.6 Å². The maximum absolute atomic E-state index is 6.22. The summed E-state index contributed by atoms with van der Waals surface area (Å²) in [7, 11) is 1.69. The largest absolute Gasteiger partial charge is 0.497 e. The van der Waals surface area contributed by atoms with E-state index in [-0.39, 0.29) is 5.60 Å².